The second-order valence-corrected chi connectivity index (χ2v) is 5.69. The minimum absolute atomic E-state index is 0.150. The molecule has 1 aliphatic rings. The number of nitrogens with one attached hydrogen (secondary N) is 2. The Labute approximate surface area is 133 Å². The number of piperidine rings is 1. The third-order valence-electron chi connectivity index (χ3n) is 3.86. The molecule has 1 aromatic rings. The number of carbonyl (C=O) groups excluding carboxylic acids is 1. The third kappa shape index (κ3) is 5.93. The average molecular weight is 305 g/mol. The zero-order valence-corrected chi connectivity index (χ0v) is 13.4. The van der Waals surface area contributed by atoms with E-state index in [4.69, 9.17) is 4.74 Å². The fourth-order valence-corrected chi connectivity index (χ4v) is 2.66. The van der Waals surface area contributed by atoms with Crippen LogP contribution in [0.4, 0.5) is 4.79 Å². The van der Waals surface area contributed by atoms with E-state index in [0.29, 0.717) is 13.2 Å². The number of benzene rings is 1. The van der Waals surface area contributed by atoms with E-state index in [1.165, 1.54) is 37.9 Å². The van der Waals surface area contributed by atoms with Crippen LogP contribution in [0.2, 0.25) is 0 Å². The molecule has 0 spiro atoms. The number of likely N-dealkylation sites (tertiary alicyclic amines) is 1. The van der Waals surface area contributed by atoms with Crippen LogP contribution in [0, 0.1) is 0 Å². The molecule has 5 nitrogen and oxygen atoms in total. The summed E-state index contributed by atoms with van der Waals surface area (Å²) in [6.45, 7) is 4.65. The van der Waals surface area contributed by atoms with Gasteiger partial charge in [-0.3, -0.25) is 4.90 Å². The summed E-state index contributed by atoms with van der Waals surface area (Å²) >= 11 is 0. The number of amides is 2. The zero-order valence-electron chi connectivity index (χ0n) is 13.4. The Morgan fingerprint density at radius 1 is 1.27 bits per heavy atom. The minimum atomic E-state index is -0.150. The molecule has 2 N–H and O–H groups in total. The van der Waals surface area contributed by atoms with Crippen molar-refractivity contribution in [2.75, 3.05) is 33.3 Å². The van der Waals surface area contributed by atoms with Gasteiger partial charge in [-0.2, -0.15) is 0 Å². The van der Waals surface area contributed by atoms with Crippen LogP contribution in [-0.2, 0) is 6.54 Å². The first kappa shape index (κ1) is 16.6. The number of hydrogen-bond acceptors (Lipinski definition) is 3. The van der Waals surface area contributed by atoms with Crippen LogP contribution >= 0.6 is 0 Å². The van der Waals surface area contributed by atoms with Crippen molar-refractivity contribution in [3.05, 3.63) is 29.8 Å². The molecule has 0 aliphatic carbocycles. The normalized spacial score (nSPS) is 15.3. The van der Waals surface area contributed by atoms with E-state index in [1.54, 1.807) is 7.05 Å². The number of carbonyl (C=O) groups is 1. The van der Waals surface area contributed by atoms with Crippen molar-refractivity contribution in [2.24, 2.45) is 0 Å². The molecule has 1 aliphatic heterocycles. The van der Waals surface area contributed by atoms with Gasteiger partial charge in [0.05, 0.1) is 6.61 Å². The number of rotatable bonds is 7. The third-order valence-corrected chi connectivity index (χ3v) is 3.86. The van der Waals surface area contributed by atoms with Crippen molar-refractivity contribution in [3.8, 4) is 5.75 Å². The molecule has 1 heterocycles. The van der Waals surface area contributed by atoms with Crippen molar-refractivity contribution in [1.29, 1.82) is 0 Å². The van der Waals surface area contributed by atoms with Gasteiger partial charge in [0.15, 0.2) is 0 Å². The lowest BCUT2D eigenvalue weighted by molar-refractivity contribution is 0.220. The van der Waals surface area contributed by atoms with Gasteiger partial charge in [-0.1, -0.05) is 18.6 Å². The topological polar surface area (TPSA) is 53.6 Å². The molecule has 122 valence electrons. The number of nitrogens with zero attached hydrogens (tertiary/aromatic N) is 1. The van der Waals surface area contributed by atoms with Crippen molar-refractivity contribution in [3.63, 3.8) is 0 Å². The van der Waals surface area contributed by atoms with E-state index in [9.17, 15) is 4.79 Å². The highest BCUT2D eigenvalue weighted by molar-refractivity contribution is 5.73. The van der Waals surface area contributed by atoms with E-state index >= 15 is 0 Å². The summed E-state index contributed by atoms with van der Waals surface area (Å²) in [5.74, 6) is 0.912. The summed E-state index contributed by atoms with van der Waals surface area (Å²) in [5.41, 5.74) is 1.31. The van der Waals surface area contributed by atoms with E-state index in [1.807, 2.05) is 6.07 Å². The predicted molar refractivity (Wildman–Crippen MR) is 88.1 cm³/mol. The fourth-order valence-electron chi connectivity index (χ4n) is 2.66. The number of urea groups is 1. The molecule has 0 radical (unpaired) electrons. The Kier molecular flexibility index (Phi) is 7.03. The van der Waals surface area contributed by atoms with E-state index in [2.05, 4.69) is 33.7 Å². The largest absolute Gasteiger partial charge is 0.494 e. The highest BCUT2D eigenvalue weighted by Gasteiger charge is 2.10. The van der Waals surface area contributed by atoms with Gasteiger partial charge in [-0.25, -0.2) is 4.79 Å². The first-order chi connectivity index (χ1) is 10.8. The Morgan fingerprint density at radius 3 is 2.86 bits per heavy atom. The van der Waals surface area contributed by atoms with Crippen LogP contribution in [0.25, 0.3) is 0 Å². The van der Waals surface area contributed by atoms with Crippen LogP contribution in [0.3, 0.4) is 0 Å². The second kappa shape index (κ2) is 9.30. The molecule has 0 atom stereocenters. The van der Waals surface area contributed by atoms with Crippen LogP contribution < -0.4 is 15.4 Å². The Hall–Kier alpha value is -1.75. The average Bonchev–Trinajstić information content (AvgIpc) is 2.55. The number of ether oxygens (including phenoxy) is 1. The molecule has 0 bridgehead atoms. The van der Waals surface area contributed by atoms with Crippen molar-refractivity contribution in [2.45, 2.75) is 32.2 Å². The summed E-state index contributed by atoms with van der Waals surface area (Å²) in [6, 6.07) is 8.18. The van der Waals surface area contributed by atoms with Crippen LogP contribution in [-0.4, -0.2) is 44.2 Å². The molecule has 22 heavy (non-hydrogen) atoms. The fraction of sp³-hybridized carbons (Fsp3) is 0.588. The summed E-state index contributed by atoms with van der Waals surface area (Å²) in [4.78, 5) is 13.5. The molecule has 5 heteroatoms. The summed E-state index contributed by atoms with van der Waals surface area (Å²) in [7, 11) is 1.61. The standard InChI is InChI=1S/C17H27N3O2/c1-18-17(21)19-9-6-12-22-16-8-5-7-15(13-16)14-20-10-3-2-4-11-20/h5,7-8,13H,2-4,6,9-12,14H2,1H3,(H2,18,19,21). The van der Waals surface area contributed by atoms with Crippen LogP contribution in [0.15, 0.2) is 24.3 Å². The van der Waals surface area contributed by atoms with E-state index in [-0.39, 0.29) is 6.03 Å². The van der Waals surface area contributed by atoms with Crippen LogP contribution in [0.5, 0.6) is 5.75 Å². The predicted octanol–water partition coefficient (Wildman–Crippen LogP) is 2.37. The van der Waals surface area contributed by atoms with Crippen molar-refractivity contribution in [1.82, 2.24) is 15.5 Å². The zero-order chi connectivity index (χ0) is 15.6. The molecule has 1 aromatic carbocycles. The molecule has 1 saturated heterocycles. The van der Waals surface area contributed by atoms with Gasteiger partial charge in [-0.05, 0) is 50.0 Å². The first-order valence-electron chi connectivity index (χ1n) is 8.17. The SMILES string of the molecule is CNC(=O)NCCCOc1cccc(CN2CCCCC2)c1. The lowest BCUT2D eigenvalue weighted by atomic mass is 10.1. The molecule has 0 unspecified atom stereocenters. The van der Waals surface area contributed by atoms with E-state index in [0.717, 1.165) is 18.7 Å². The maximum Gasteiger partial charge on any atom is 0.314 e. The van der Waals surface area contributed by atoms with Crippen molar-refractivity contribution < 1.29 is 9.53 Å². The second-order valence-electron chi connectivity index (χ2n) is 5.69. The molecular formula is C17H27N3O2. The smallest absolute Gasteiger partial charge is 0.314 e. The van der Waals surface area contributed by atoms with Gasteiger partial charge in [0.1, 0.15) is 5.75 Å². The lowest BCUT2D eigenvalue weighted by Gasteiger charge is -2.26. The quantitative estimate of drug-likeness (QED) is 0.761. The minimum Gasteiger partial charge on any atom is -0.494 e. The number of hydrogen-bond donors (Lipinski definition) is 2. The highest BCUT2D eigenvalue weighted by atomic mass is 16.5. The van der Waals surface area contributed by atoms with Crippen molar-refractivity contribution >= 4 is 6.03 Å². The van der Waals surface area contributed by atoms with Gasteiger partial charge in [-0.15, -0.1) is 0 Å². The molecule has 2 amide bonds. The van der Waals surface area contributed by atoms with Gasteiger partial charge in [0, 0.05) is 20.1 Å². The Bertz CT molecular complexity index is 459. The maximum atomic E-state index is 11.0. The lowest BCUT2D eigenvalue weighted by Crippen LogP contribution is -2.33. The first-order valence-corrected chi connectivity index (χ1v) is 8.17. The molecule has 2 rings (SSSR count). The maximum absolute atomic E-state index is 11.0. The molecular weight excluding hydrogens is 278 g/mol. The van der Waals surface area contributed by atoms with E-state index < -0.39 is 0 Å². The Morgan fingerprint density at radius 2 is 2.09 bits per heavy atom. The van der Waals surface area contributed by atoms with Gasteiger partial charge < -0.3 is 15.4 Å². The molecule has 0 saturated carbocycles. The highest BCUT2D eigenvalue weighted by Crippen LogP contribution is 2.17. The monoisotopic (exact) mass is 305 g/mol. The molecule has 0 aromatic heterocycles. The Balaban J connectivity index is 1.70. The summed E-state index contributed by atoms with van der Waals surface area (Å²) < 4.78 is 5.76. The van der Waals surface area contributed by atoms with Gasteiger partial charge in [0.25, 0.3) is 0 Å². The van der Waals surface area contributed by atoms with Gasteiger partial charge >= 0.3 is 6.03 Å². The summed E-state index contributed by atoms with van der Waals surface area (Å²) in [6.07, 6.45) is 4.79. The van der Waals surface area contributed by atoms with Gasteiger partial charge in [0.2, 0.25) is 0 Å². The summed E-state index contributed by atoms with van der Waals surface area (Å²) in [5, 5.41) is 5.27. The molecule has 1 fully saturated rings. The van der Waals surface area contributed by atoms with Crippen LogP contribution in [0.1, 0.15) is 31.2 Å².